The molecule has 1 rings (SSSR count). The Morgan fingerprint density at radius 1 is 1.30 bits per heavy atom. The summed E-state index contributed by atoms with van der Waals surface area (Å²) in [6, 6.07) is 3.48. The Morgan fingerprint density at radius 3 is 2.45 bits per heavy atom. The monoisotopic (exact) mass is 299 g/mol. The number of hydrogen-bond acceptors (Lipinski definition) is 3. The van der Waals surface area contributed by atoms with E-state index in [0.717, 1.165) is 5.56 Å². The van der Waals surface area contributed by atoms with Gasteiger partial charge in [-0.3, -0.25) is 9.59 Å². The van der Waals surface area contributed by atoms with E-state index in [-0.39, 0.29) is 23.4 Å². The molecule has 0 aromatic heterocycles. The van der Waals surface area contributed by atoms with Gasteiger partial charge in [0.05, 0.1) is 10.6 Å². The molecule has 1 aromatic carbocycles. The van der Waals surface area contributed by atoms with Gasteiger partial charge in [0.25, 0.3) is 5.91 Å². The van der Waals surface area contributed by atoms with Crippen molar-refractivity contribution in [1.29, 1.82) is 0 Å². The van der Waals surface area contributed by atoms with Crippen molar-refractivity contribution in [3.8, 4) is 0 Å². The Bertz CT molecular complexity index is 544. The van der Waals surface area contributed by atoms with Crippen LogP contribution in [0.5, 0.6) is 0 Å². The van der Waals surface area contributed by atoms with Gasteiger partial charge in [0, 0.05) is 6.42 Å². The third-order valence-electron chi connectivity index (χ3n) is 2.62. The Balaban J connectivity index is 2.80. The summed E-state index contributed by atoms with van der Waals surface area (Å²) in [6.07, 6.45) is -0.543. The second-order valence-corrected chi connectivity index (χ2v) is 4.69. The molecular weight excluding hydrogens is 286 g/mol. The fourth-order valence-electron chi connectivity index (χ4n) is 1.57. The number of carboxylic acids is 2. The fraction of sp³-hybridized carbons (Fsp3) is 0.308. The number of carbonyl (C=O) groups excluding carboxylic acids is 1. The van der Waals surface area contributed by atoms with Crippen LogP contribution in [0.15, 0.2) is 18.2 Å². The highest BCUT2D eigenvalue weighted by Gasteiger charge is 2.22. The maximum atomic E-state index is 11.9. The van der Waals surface area contributed by atoms with Crippen LogP contribution in [-0.2, 0) is 9.59 Å². The molecule has 0 unspecified atom stereocenters. The van der Waals surface area contributed by atoms with Gasteiger partial charge in [-0.1, -0.05) is 17.7 Å². The van der Waals surface area contributed by atoms with Gasteiger partial charge in [0.2, 0.25) is 0 Å². The molecule has 7 heteroatoms. The van der Waals surface area contributed by atoms with Crippen LogP contribution in [0.1, 0.15) is 28.8 Å². The first-order valence-electron chi connectivity index (χ1n) is 5.83. The molecule has 0 bridgehead atoms. The summed E-state index contributed by atoms with van der Waals surface area (Å²) >= 11 is 5.91. The smallest absolute Gasteiger partial charge is 0.326 e. The first kappa shape index (κ1) is 16.0. The van der Waals surface area contributed by atoms with E-state index >= 15 is 0 Å². The summed E-state index contributed by atoms with van der Waals surface area (Å²) in [6.45, 7) is 1.81. The second-order valence-electron chi connectivity index (χ2n) is 4.28. The zero-order valence-corrected chi connectivity index (χ0v) is 11.5. The first-order valence-corrected chi connectivity index (χ1v) is 6.20. The zero-order valence-electron chi connectivity index (χ0n) is 10.7. The number of aliphatic carboxylic acids is 2. The SMILES string of the molecule is Cc1ccc(C(=O)N[C@@H](CCC(=O)O)C(=O)O)c(Cl)c1. The minimum absolute atomic E-state index is 0.152. The van der Waals surface area contributed by atoms with Gasteiger partial charge >= 0.3 is 11.9 Å². The van der Waals surface area contributed by atoms with Crippen LogP contribution < -0.4 is 5.32 Å². The summed E-state index contributed by atoms with van der Waals surface area (Å²) in [4.78, 5) is 33.4. The van der Waals surface area contributed by atoms with Crippen molar-refractivity contribution in [3.63, 3.8) is 0 Å². The quantitative estimate of drug-likeness (QED) is 0.741. The molecule has 6 nitrogen and oxygen atoms in total. The van der Waals surface area contributed by atoms with Crippen molar-refractivity contribution in [1.82, 2.24) is 5.32 Å². The van der Waals surface area contributed by atoms with Crippen molar-refractivity contribution in [2.75, 3.05) is 0 Å². The van der Waals surface area contributed by atoms with E-state index in [1.165, 1.54) is 6.07 Å². The molecule has 3 N–H and O–H groups in total. The van der Waals surface area contributed by atoms with Gasteiger partial charge in [-0.15, -0.1) is 0 Å². The van der Waals surface area contributed by atoms with Gasteiger partial charge < -0.3 is 15.5 Å². The average molecular weight is 300 g/mol. The molecular formula is C13H14ClNO5. The van der Waals surface area contributed by atoms with E-state index in [9.17, 15) is 14.4 Å². The van der Waals surface area contributed by atoms with Crippen molar-refractivity contribution < 1.29 is 24.6 Å². The summed E-state index contributed by atoms with van der Waals surface area (Å²) < 4.78 is 0. The van der Waals surface area contributed by atoms with E-state index in [4.69, 9.17) is 21.8 Å². The largest absolute Gasteiger partial charge is 0.481 e. The number of halogens is 1. The van der Waals surface area contributed by atoms with E-state index in [1.807, 2.05) is 0 Å². The van der Waals surface area contributed by atoms with Gasteiger partial charge in [-0.2, -0.15) is 0 Å². The Labute approximate surface area is 120 Å². The second kappa shape index (κ2) is 6.91. The molecule has 1 amide bonds. The molecule has 108 valence electrons. The number of rotatable bonds is 6. The molecule has 0 radical (unpaired) electrons. The van der Waals surface area contributed by atoms with Crippen LogP contribution in [0, 0.1) is 6.92 Å². The Hall–Kier alpha value is -2.08. The van der Waals surface area contributed by atoms with Gasteiger partial charge in [0.1, 0.15) is 6.04 Å². The highest BCUT2D eigenvalue weighted by Crippen LogP contribution is 2.17. The molecule has 0 saturated carbocycles. The van der Waals surface area contributed by atoms with E-state index < -0.39 is 23.9 Å². The topological polar surface area (TPSA) is 104 Å². The summed E-state index contributed by atoms with van der Waals surface area (Å²) in [5.41, 5.74) is 1.02. The number of aryl methyl sites for hydroxylation is 1. The first-order chi connectivity index (χ1) is 9.31. The predicted molar refractivity (Wildman–Crippen MR) is 71.9 cm³/mol. The fourth-order valence-corrected chi connectivity index (χ4v) is 1.89. The lowest BCUT2D eigenvalue weighted by Crippen LogP contribution is -2.41. The van der Waals surface area contributed by atoms with E-state index in [1.54, 1.807) is 19.1 Å². The standard InChI is InChI=1S/C13H14ClNO5/c1-7-2-3-8(9(14)6-7)12(18)15-10(13(19)20)4-5-11(16)17/h2-3,6,10H,4-5H2,1H3,(H,15,18)(H,16,17)(H,19,20)/t10-/m0/s1. The van der Waals surface area contributed by atoms with E-state index in [0.29, 0.717) is 0 Å². The maximum absolute atomic E-state index is 11.9. The van der Waals surface area contributed by atoms with Crippen molar-refractivity contribution >= 4 is 29.4 Å². The van der Waals surface area contributed by atoms with Crippen LogP contribution in [0.25, 0.3) is 0 Å². The highest BCUT2D eigenvalue weighted by atomic mass is 35.5. The van der Waals surface area contributed by atoms with Crippen molar-refractivity contribution in [2.24, 2.45) is 0 Å². The maximum Gasteiger partial charge on any atom is 0.326 e. The van der Waals surface area contributed by atoms with Crippen molar-refractivity contribution in [3.05, 3.63) is 34.3 Å². The summed E-state index contributed by atoms with van der Waals surface area (Å²) in [7, 11) is 0. The molecule has 0 aliphatic heterocycles. The molecule has 1 aromatic rings. The number of nitrogens with one attached hydrogen (secondary N) is 1. The molecule has 1 atom stereocenters. The van der Waals surface area contributed by atoms with Gasteiger partial charge in [-0.25, -0.2) is 4.79 Å². The van der Waals surface area contributed by atoms with E-state index in [2.05, 4.69) is 5.32 Å². The summed E-state index contributed by atoms with van der Waals surface area (Å²) in [5.74, 6) is -3.06. The minimum Gasteiger partial charge on any atom is -0.481 e. The van der Waals surface area contributed by atoms with Crippen LogP contribution in [-0.4, -0.2) is 34.1 Å². The van der Waals surface area contributed by atoms with Crippen LogP contribution in [0.2, 0.25) is 5.02 Å². The lowest BCUT2D eigenvalue weighted by atomic mass is 10.1. The summed E-state index contributed by atoms with van der Waals surface area (Å²) in [5, 5.41) is 20.0. The predicted octanol–water partition coefficient (Wildman–Crippen LogP) is 1.70. The molecule has 0 spiro atoms. The normalized spacial score (nSPS) is 11.7. The van der Waals surface area contributed by atoms with Crippen LogP contribution in [0.3, 0.4) is 0 Å². The van der Waals surface area contributed by atoms with Gasteiger partial charge in [-0.05, 0) is 31.0 Å². The molecule has 0 heterocycles. The third-order valence-corrected chi connectivity index (χ3v) is 2.93. The Morgan fingerprint density at radius 2 is 1.95 bits per heavy atom. The molecule has 0 fully saturated rings. The number of hydrogen-bond donors (Lipinski definition) is 3. The lowest BCUT2D eigenvalue weighted by molar-refractivity contribution is -0.140. The molecule has 0 aliphatic rings. The molecule has 20 heavy (non-hydrogen) atoms. The number of carboxylic acid groups (broad SMARTS) is 2. The minimum atomic E-state index is -1.29. The van der Waals surface area contributed by atoms with Crippen molar-refractivity contribution in [2.45, 2.75) is 25.8 Å². The average Bonchev–Trinajstić information content (AvgIpc) is 2.33. The number of benzene rings is 1. The number of amides is 1. The Kier molecular flexibility index (Phi) is 5.52. The molecule has 0 saturated heterocycles. The molecule has 0 aliphatic carbocycles. The zero-order chi connectivity index (χ0) is 15.3. The van der Waals surface area contributed by atoms with Crippen LogP contribution >= 0.6 is 11.6 Å². The highest BCUT2D eigenvalue weighted by molar-refractivity contribution is 6.33. The van der Waals surface area contributed by atoms with Gasteiger partial charge in [0.15, 0.2) is 0 Å². The number of carbonyl (C=O) groups is 3. The lowest BCUT2D eigenvalue weighted by Gasteiger charge is -2.14. The third kappa shape index (κ3) is 4.55. The van der Waals surface area contributed by atoms with Crippen LogP contribution in [0.4, 0.5) is 0 Å².